The van der Waals surface area contributed by atoms with Crippen molar-refractivity contribution in [3.63, 3.8) is 0 Å². The molecular weight excluding hydrogens is 1320 g/mol. The lowest BCUT2D eigenvalue weighted by molar-refractivity contribution is 0.569. The fourth-order valence-electron chi connectivity index (χ4n) is 17.1. The Hall–Kier alpha value is -11.7. The number of hydrogen-bond donors (Lipinski definition) is 0. The molecule has 0 amide bonds. The Bertz CT molecular complexity index is 6430. The molecule has 4 heterocycles. The minimum atomic E-state index is -0.462. The molecule has 0 atom stereocenters. The molecule has 0 spiro atoms. The van der Waals surface area contributed by atoms with E-state index in [4.69, 9.17) is 1.37 Å². The van der Waals surface area contributed by atoms with E-state index in [-0.39, 0.29) is 56.8 Å². The number of benzene rings is 14. The molecule has 0 N–H and O–H groups in total. The smallest absolute Gasteiger partial charge is 0.252 e. The highest BCUT2D eigenvalue weighted by molar-refractivity contribution is 7.00. The van der Waals surface area contributed by atoms with Gasteiger partial charge in [-0.15, -0.1) is 0 Å². The molecule has 2 aliphatic rings. The van der Waals surface area contributed by atoms with Crippen molar-refractivity contribution in [3.05, 3.63) is 331 Å². The third-order valence-corrected chi connectivity index (χ3v) is 23.1. The summed E-state index contributed by atoms with van der Waals surface area (Å²) in [5, 5.41) is 4.61. The summed E-state index contributed by atoms with van der Waals surface area (Å²) >= 11 is 0. The van der Waals surface area contributed by atoms with Crippen molar-refractivity contribution in [2.75, 3.05) is 9.80 Å². The van der Waals surface area contributed by atoms with Crippen LogP contribution in [0.4, 0.5) is 34.1 Å². The van der Waals surface area contributed by atoms with E-state index in [1.54, 1.807) is 0 Å². The molecule has 0 saturated carbocycles. The summed E-state index contributed by atoms with van der Waals surface area (Å²) < 4.78 is 51.7. The summed E-state index contributed by atoms with van der Waals surface area (Å²) in [4.78, 5) is 5.15. The Morgan fingerprint density at radius 1 is 0.266 bits per heavy atom. The molecule has 5 heteroatoms. The lowest BCUT2D eigenvalue weighted by atomic mass is 9.33. The number of fused-ring (bicyclic) bond motifs is 10. The van der Waals surface area contributed by atoms with Crippen molar-refractivity contribution in [2.45, 2.75) is 131 Å². The molecule has 2 aliphatic heterocycles. The van der Waals surface area contributed by atoms with Gasteiger partial charge in [0.2, 0.25) is 0 Å². The number of anilines is 6. The largest absolute Gasteiger partial charge is 0.311 e. The van der Waals surface area contributed by atoms with E-state index < -0.39 is 12.8 Å². The lowest BCUT2D eigenvalue weighted by Gasteiger charge is -2.45. The molecule has 534 valence electrons. The van der Waals surface area contributed by atoms with Crippen LogP contribution in [0.15, 0.2) is 303 Å². The second-order valence-corrected chi connectivity index (χ2v) is 35.5. The first-order chi connectivity index (χ1) is 54.3. The number of aromatic nitrogens is 2. The molecule has 14 aromatic carbocycles. The van der Waals surface area contributed by atoms with Crippen molar-refractivity contribution in [2.24, 2.45) is 0 Å². The third kappa shape index (κ3) is 11.8. The Balaban J connectivity index is 1.06. The van der Waals surface area contributed by atoms with Gasteiger partial charge in [-0.25, -0.2) is 0 Å². The van der Waals surface area contributed by atoms with Crippen LogP contribution in [-0.2, 0) is 27.1 Å². The van der Waals surface area contributed by atoms with Crippen LogP contribution in [0.25, 0.3) is 111 Å². The monoisotopic (exact) mass is 1420 g/mol. The Kier molecular flexibility index (Phi) is 14.8. The summed E-state index contributed by atoms with van der Waals surface area (Å²) in [5.41, 5.74) is 29.7. The molecule has 0 bridgehead atoms. The third-order valence-electron chi connectivity index (χ3n) is 23.1. The molecule has 0 unspecified atom stereocenters. The van der Waals surface area contributed by atoms with E-state index in [1.165, 1.54) is 38.6 Å². The average Bonchev–Trinajstić information content (AvgIpc) is 1.05. The normalized spacial score (nSPS) is 13.9. The first-order valence-corrected chi connectivity index (χ1v) is 38.7. The molecule has 2 aromatic heterocycles. The van der Waals surface area contributed by atoms with E-state index in [0.717, 1.165) is 139 Å². The Labute approximate surface area is 651 Å². The van der Waals surface area contributed by atoms with Gasteiger partial charge < -0.3 is 18.9 Å². The van der Waals surface area contributed by atoms with Crippen molar-refractivity contribution in [1.82, 2.24) is 9.13 Å². The first kappa shape index (κ1) is 63.4. The number of hydrogen-bond acceptors (Lipinski definition) is 2. The second kappa shape index (κ2) is 25.5. The maximum absolute atomic E-state index is 9.72. The van der Waals surface area contributed by atoms with E-state index in [1.807, 2.05) is 6.07 Å². The zero-order chi connectivity index (χ0) is 79.7. The van der Waals surface area contributed by atoms with E-state index >= 15 is 0 Å². The maximum Gasteiger partial charge on any atom is 0.252 e. The van der Waals surface area contributed by atoms with Crippen molar-refractivity contribution < 1.29 is 6.85 Å². The van der Waals surface area contributed by atoms with Crippen LogP contribution < -0.4 is 26.2 Å². The quantitative estimate of drug-likeness (QED) is 0.134. The molecule has 16 aromatic rings. The minimum Gasteiger partial charge on any atom is -0.311 e. The predicted molar refractivity (Wildman–Crippen MR) is 470 cm³/mol. The standard InChI is InChI=1S/C104H95BN4/c1-100(2,3)74-46-43-67(44-47-74)72-58-93-97(83-39-28-29-42-88(83)106(93)79-37-26-19-27-38-79)94(59-72)108-92-65-80(107-89-53-48-75(101(4,5)6)63-84(89)85-64-76(102(7,8)9)49-54-90(85)107)50-52-87(92)105-86-51-45-70(66-31-20-16-21-32-66)57-91(86)109(99-81(68-33-22-17-23-34-68)40-30-41-82(99)69-35-24-18-25-36-69)96-61-73(60-95(108)98(96)105)71-55-77(103(10,11)12)62-78(56-71)104(13,14)15/h16-65H,1-15H3/i16D,20D,21D,31D,32D. The minimum absolute atomic E-state index is 0.0825. The second-order valence-electron chi connectivity index (χ2n) is 35.5. The van der Waals surface area contributed by atoms with Crippen molar-refractivity contribution in [1.29, 1.82) is 0 Å². The number of nitrogens with zero attached hydrogens (tertiary/aromatic N) is 4. The van der Waals surface area contributed by atoms with Gasteiger partial charge in [0.25, 0.3) is 6.71 Å². The maximum atomic E-state index is 9.72. The fourth-order valence-corrected chi connectivity index (χ4v) is 17.1. The van der Waals surface area contributed by atoms with Crippen LogP contribution in [0, 0.1) is 0 Å². The van der Waals surface area contributed by atoms with Gasteiger partial charge in [-0.1, -0.05) is 322 Å². The number of para-hydroxylation sites is 3. The summed E-state index contributed by atoms with van der Waals surface area (Å²) in [6.45, 7) is 34.1. The molecule has 0 radical (unpaired) electrons. The molecular formula is C104H95BN4. The molecule has 0 saturated heterocycles. The van der Waals surface area contributed by atoms with Gasteiger partial charge in [-0.05, 0) is 201 Å². The van der Waals surface area contributed by atoms with E-state index in [0.29, 0.717) is 5.56 Å². The molecule has 0 fully saturated rings. The van der Waals surface area contributed by atoms with Crippen LogP contribution >= 0.6 is 0 Å². The Morgan fingerprint density at radius 3 is 1.28 bits per heavy atom. The molecule has 109 heavy (non-hydrogen) atoms. The van der Waals surface area contributed by atoms with Crippen LogP contribution in [0.2, 0.25) is 0 Å². The van der Waals surface area contributed by atoms with Crippen LogP contribution in [0.1, 0.15) is 139 Å². The van der Waals surface area contributed by atoms with Gasteiger partial charge in [0.1, 0.15) is 0 Å². The van der Waals surface area contributed by atoms with Crippen LogP contribution in [0.5, 0.6) is 0 Å². The topological polar surface area (TPSA) is 16.3 Å². The van der Waals surface area contributed by atoms with Crippen LogP contribution in [0.3, 0.4) is 0 Å². The van der Waals surface area contributed by atoms with E-state index in [2.05, 4.69) is 390 Å². The molecule has 4 nitrogen and oxygen atoms in total. The van der Waals surface area contributed by atoms with Gasteiger partial charge in [-0.3, -0.25) is 0 Å². The highest BCUT2D eigenvalue weighted by Crippen LogP contribution is 2.55. The SMILES string of the molecule is [2H]c1c([2H])c([2H])c(-c2ccc3c(c2)N(c2c(-c4ccccc4)cccc2-c2ccccc2)c2cc(-c4cc(C(C)(C)C)cc(C(C)(C)C)c4)cc4c2B3c2ccc(-n3c5ccc(C(C)(C)C)cc5c5cc(C(C)(C)C)ccc53)cc2N4c2cc(-c3ccc(C(C)(C)C)cc3)cc3c2c2ccccc2n3-c2ccccc2)c([2H])c1[2H]. The van der Waals surface area contributed by atoms with Gasteiger partial charge >= 0.3 is 0 Å². The summed E-state index contributed by atoms with van der Waals surface area (Å²) in [7, 11) is 0. The van der Waals surface area contributed by atoms with Crippen molar-refractivity contribution >= 4 is 101 Å². The lowest BCUT2D eigenvalue weighted by Crippen LogP contribution is -2.61. The first-order valence-electron chi connectivity index (χ1n) is 41.2. The summed E-state index contributed by atoms with van der Waals surface area (Å²) in [6, 6.07) is 100. The van der Waals surface area contributed by atoms with E-state index in [9.17, 15) is 5.48 Å². The summed E-state index contributed by atoms with van der Waals surface area (Å²) in [6.07, 6.45) is 0. The van der Waals surface area contributed by atoms with Crippen molar-refractivity contribution in [3.8, 4) is 67.0 Å². The van der Waals surface area contributed by atoms with Gasteiger partial charge in [-0.2, -0.15) is 0 Å². The molecule has 0 aliphatic carbocycles. The fraction of sp³-hybridized carbons (Fsp3) is 0.192. The predicted octanol–water partition coefficient (Wildman–Crippen LogP) is 26.8. The highest BCUT2D eigenvalue weighted by atomic mass is 15.2. The van der Waals surface area contributed by atoms with Crippen LogP contribution in [-0.4, -0.2) is 15.8 Å². The summed E-state index contributed by atoms with van der Waals surface area (Å²) in [5.74, 6) is 0. The zero-order valence-electron chi connectivity index (χ0n) is 70.3. The van der Waals surface area contributed by atoms with Gasteiger partial charge in [0.15, 0.2) is 0 Å². The number of rotatable bonds is 9. The highest BCUT2D eigenvalue weighted by Gasteiger charge is 2.46. The Morgan fingerprint density at radius 2 is 0.716 bits per heavy atom. The molecule has 18 rings (SSSR count). The average molecular weight is 1420 g/mol. The van der Waals surface area contributed by atoms with Gasteiger partial charge in [0.05, 0.1) is 40.3 Å². The van der Waals surface area contributed by atoms with Gasteiger partial charge in [0, 0.05) is 66.8 Å². The zero-order valence-corrected chi connectivity index (χ0v) is 65.3.